The van der Waals surface area contributed by atoms with Gasteiger partial charge in [-0.1, -0.05) is 110 Å². The van der Waals surface area contributed by atoms with Crippen LogP contribution in [0.25, 0.3) is 0 Å². The molecule has 1 atom stereocenters. The molecular formula is C21H44O. The second-order valence-electron chi connectivity index (χ2n) is 7.59. The molecule has 1 unspecified atom stereocenters. The van der Waals surface area contributed by atoms with Crippen molar-refractivity contribution < 1.29 is 5.11 Å². The number of aliphatic hydroxyl groups is 1. The average Bonchev–Trinajstić information content (AvgIpc) is 2.48. The average molecular weight is 313 g/mol. The molecule has 1 heteroatoms. The SMILES string of the molecule is CCCCCCCCCCCCCCC(C)(O)CCCCC. The van der Waals surface area contributed by atoms with E-state index in [1.54, 1.807) is 0 Å². The van der Waals surface area contributed by atoms with E-state index in [0.29, 0.717) is 0 Å². The molecule has 0 spiro atoms. The first kappa shape index (κ1) is 22.0. The fourth-order valence-corrected chi connectivity index (χ4v) is 3.23. The molecule has 0 aromatic carbocycles. The van der Waals surface area contributed by atoms with Gasteiger partial charge in [0.25, 0.3) is 0 Å². The molecule has 0 radical (unpaired) electrons. The zero-order valence-corrected chi connectivity index (χ0v) is 16.0. The predicted octanol–water partition coefficient (Wildman–Crippen LogP) is 7.41. The van der Waals surface area contributed by atoms with Gasteiger partial charge in [-0.15, -0.1) is 0 Å². The van der Waals surface area contributed by atoms with E-state index in [0.717, 1.165) is 12.8 Å². The maximum atomic E-state index is 10.3. The molecule has 0 aliphatic heterocycles. The molecule has 0 aromatic heterocycles. The van der Waals surface area contributed by atoms with E-state index >= 15 is 0 Å². The molecule has 0 aliphatic carbocycles. The summed E-state index contributed by atoms with van der Waals surface area (Å²) in [5.41, 5.74) is -0.409. The zero-order chi connectivity index (χ0) is 16.5. The Balaban J connectivity index is 3.22. The minimum Gasteiger partial charge on any atom is -0.390 e. The van der Waals surface area contributed by atoms with E-state index in [4.69, 9.17) is 0 Å². The van der Waals surface area contributed by atoms with Crippen molar-refractivity contribution in [2.24, 2.45) is 0 Å². The topological polar surface area (TPSA) is 20.2 Å². The Labute approximate surface area is 141 Å². The second-order valence-corrected chi connectivity index (χ2v) is 7.59. The van der Waals surface area contributed by atoms with Gasteiger partial charge in [-0.05, 0) is 19.8 Å². The largest absolute Gasteiger partial charge is 0.390 e. The summed E-state index contributed by atoms with van der Waals surface area (Å²) in [6, 6.07) is 0. The minimum atomic E-state index is -0.409. The van der Waals surface area contributed by atoms with E-state index in [2.05, 4.69) is 13.8 Å². The smallest absolute Gasteiger partial charge is 0.0619 e. The van der Waals surface area contributed by atoms with E-state index in [-0.39, 0.29) is 0 Å². The molecule has 0 fully saturated rings. The third-order valence-corrected chi connectivity index (χ3v) is 4.89. The number of rotatable bonds is 17. The molecule has 0 amide bonds. The van der Waals surface area contributed by atoms with Gasteiger partial charge in [0.05, 0.1) is 5.60 Å². The summed E-state index contributed by atoms with van der Waals surface area (Å²) in [6.45, 7) is 6.53. The van der Waals surface area contributed by atoms with Crippen LogP contribution in [0, 0.1) is 0 Å². The van der Waals surface area contributed by atoms with Crippen molar-refractivity contribution in [3.8, 4) is 0 Å². The Morgan fingerprint density at radius 1 is 0.500 bits per heavy atom. The first-order valence-corrected chi connectivity index (χ1v) is 10.3. The molecule has 0 heterocycles. The minimum absolute atomic E-state index is 0.409. The molecule has 0 bridgehead atoms. The monoisotopic (exact) mass is 312 g/mol. The van der Waals surface area contributed by atoms with Gasteiger partial charge in [-0.3, -0.25) is 0 Å². The van der Waals surface area contributed by atoms with Crippen LogP contribution in [0.4, 0.5) is 0 Å². The van der Waals surface area contributed by atoms with E-state index in [1.807, 2.05) is 6.92 Å². The van der Waals surface area contributed by atoms with Crippen molar-refractivity contribution in [1.82, 2.24) is 0 Å². The van der Waals surface area contributed by atoms with E-state index < -0.39 is 5.60 Å². The van der Waals surface area contributed by atoms with Crippen LogP contribution >= 0.6 is 0 Å². The standard InChI is InChI=1S/C21H44O/c1-4-6-8-9-10-11-12-13-14-15-16-18-20-21(3,22)19-17-7-5-2/h22H,4-20H2,1-3H3. The highest BCUT2D eigenvalue weighted by atomic mass is 16.3. The van der Waals surface area contributed by atoms with Gasteiger partial charge in [0.1, 0.15) is 0 Å². The third kappa shape index (κ3) is 16.3. The highest BCUT2D eigenvalue weighted by Crippen LogP contribution is 2.22. The Hall–Kier alpha value is -0.0400. The summed E-state index contributed by atoms with van der Waals surface area (Å²) >= 11 is 0. The lowest BCUT2D eigenvalue weighted by Crippen LogP contribution is -2.23. The van der Waals surface area contributed by atoms with Crippen LogP contribution in [0.5, 0.6) is 0 Å². The zero-order valence-electron chi connectivity index (χ0n) is 16.0. The van der Waals surface area contributed by atoms with Crippen molar-refractivity contribution in [2.45, 2.75) is 136 Å². The van der Waals surface area contributed by atoms with Crippen LogP contribution in [0.1, 0.15) is 130 Å². The van der Waals surface area contributed by atoms with Crippen molar-refractivity contribution >= 4 is 0 Å². The highest BCUT2D eigenvalue weighted by Gasteiger charge is 2.18. The van der Waals surface area contributed by atoms with Crippen LogP contribution in [0.3, 0.4) is 0 Å². The third-order valence-electron chi connectivity index (χ3n) is 4.89. The maximum Gasteiger partial charge on any atom is 0.0619 e. The Bertz CT molecular complexity index is 210. The van der Waals surface area contributed by atoms with Gasteiger partial charge in [-0.25, -0.2) is 0 Å². The number of unbranched alkanes of at least 4 members (excludes halogenated alkanes) is 13. The molecule has 134 valence electrons. The maximum absolute atomic E-state index is 10.3. The van der Waals surface area contributed by atoms with Gasteiger partial charge in [-0.2, -0.15) is 0 Å². The lowest BCUT2D eigenvalue weighted by atomic mass is 9.92. The van der Waals surface area contributed by atoms with Crippen molar-refractivity contribution in [1.29, 1.82) is 0 Å². The van der Waals surface area contributed by atoms with Crippen LogP contribution < -0.4 is 0 Å². The summed E-state index contributed by atoms with van der Waals surface area (Å²) in [5, 5.41) is 10.3. The van der Waals surface area contributed by atoms with Crippen LogP contribution in [-0.4, -0.2) is 10.7 Å². The van der Waals surface area contributed by atoms with Gasteiger partial charge in [0.2, 0.25) is 0 Å². The summed E-state index contributed by atoms with van der Waals surface area (Å²) in [5.74, 6) is 0. The Kier molecular flexibility index (Phi) is 15.8. The lowest BCUT2D eigenvalue weighted by molar-refractivity contribution is 0.0367. The summed E-state index contributed by atoms with van der Waals surface area (Å²) in [7, 11) is 0. The lowest BCUT2D eigenvalue weighted by Gasteiger charge is -2.23. The highest BCUT2D eigenvalue weighted by molar-refractivity contribution is 4.72. The molecule has 0 aliphatic rings. The van der Waals surface area contributed by atoms with Gasteiger partial charge in [0.15, 0.2) is 0 Å². The summed E-state index contributed by atoms with van der Waals surface area (Å²) < 4.78 is 0. The van der Waals surface area contributed by atoms with E-state index in [9.17, 15) is 5.11 Å². The quantitative estimate of drug-likeness (QED) is 0.277. The molecule has 0 aromatic rings. The number of hydrogen-bond donors (Lipinski definition) is 1. The van der Waals surface area contributed by atoms with Crippen LogP contribution in [-0.2, 0) is 0 Å². The van der Waals surface area contributed by atoms with Crippen molar-refractivity contribution in [2.75, 3.05) is 0 Å². The predicted molar refractivity (Wildman–Crippen MR) is 100 cm³/mol. The number of hydrogen-bond acceptors (Lipinski definition) is 1. The summed E-state index contributed by atoms with van der Waals surface area (Å²) in [4.78, 5) is 0. The van der Waals surface area contributed by atoms with E-state index in [1.165, 1.54) is 96.3 Å². The molecule has 0 saturated heterocycles. The van der Waals surface area contributed by atoms with Crippen molar-refractivity contribution in [3.05, 3.63) is 0 Å². The Morgan fingerprint density at radius 2 is 0.773 bits per heavy atom. The fourth-order valence-electron chi connectivity index (χ4n) is 3.23. The first-order valence-electron chi connectivity index (χ1n) is 10.3. The van der Waals surface area contributed by atoms with Crippen LogP contribution in [0.2, 0.25) is 0 Å². The van der Waals surface area contributed by atoms with Crippen LogP contribution in [0.15, 0.2) is 0 Å². The van der Waals surface area contributed by atoms with Crippen molar-refractivity contribution in [3.63, 3.8) is 0 Å². The second kappa shape index (κ2) is 15.8. The normalized spacial score (nSPS) is 14.2. The molecule has 1 N–H and O–H groups in total. The summed E-state index contributed by atoms with van der Waals surface area (Å²) in [6.07, 6.45) is 22.3. The van der Waals surface area contributed by atoms with Gasteiger partial charge >= 0.3 is 0 Å². The van der Waals surface area contributed by atoms with Gasteiger partial charge in [0, 0.05) is 0 Å². The molecule has 0 rings (SSSR count). The van der Waals surface area contributed by atoms with Gasteiger partial charge < -0.3 is 5.11 Å². The first-order chi connectivity index (χ1) is 10.6. The Morgan fingerprint density at radius 3 is 1.18 bits per heavy atom. The molecule has 1 nitrogen and oxygen atoms in total. The molecular weight excluding hydrogens is 268 g/mol. The molecule has 22 heavy (non-hydrogen) atoms. The molecule has 0 saturated carbocycles. The fraction of sp³-hybridized carbons (Fsp3) is 1.00.